The van der Waals surface area contributed by atoms with Gasteiger partial charge in [0, 0.05) is 12.1 Å². The van der Waals surface area contributed by atoms with Gasteiger partial charge < -0.3 is 19.5 Å². The number of pyridine rings is 1. The van der Waals surface area contributed by atoms with Crippen LogP contribution in [-0.2, 0) is 6.54 Å². The lowest BCUT2D eigenvalue weighted by Crippen LogP contribution is -2.07. The first-order valence-corrected chi connectivity index (χ1v) is 7.16. The molecule has 3 rings (SSSR count). The second-order valence-corrected chi connectivity index (χ2v) is 5.13. The molecule has 23 heavy (non-hydrogen) atoms. The number of rotatable bonds is 5. The molecule has 0 unspecified atom stereocenters. The summed E-state index contributed by atoms with van der Waals surface area (Å²) in [6.07, 6.45) is 1.62. The van der Waals surface area contributed by atoms with Crippen LogP contribution in [0.15, 0.2) is 35.0 Å². The summed E-state index contributed by atoms with van der Waals surface area (Å²) < 4.78 is 12.1. The lowest BCUT2D eigenvalue weighted by molar-refractivity contribution is 0.274. The van der Waals surface area contributed by atoms with Crippen LogP contribution in [0.2, 0.25) is 0 Å². The molecule has 0 aliphatic rings. The quantitative estimate of drug-likeness (QED) is 0.752. The summed E-state index contributed by atoms with van der Waals surface area (Å²) in [7, 11) is 0. The normalized spacial score (nSPS) is 10.9. The van der Waals surface area contributed by atoms with E-state index in [0.29, 0.717) is 18.9 Å². The summed E-state index contributed by atoms with van der Waals surface area (Å²) in [4.78, 5) is 4.36. The Balaban J connectivity index is 1.64. The molecule has 0 bridgehead atoms. The number of hydrogen-bond acceptors (Lipinski definition) is 6. The van der Waals surface area contributed by atoms with E-state index in [1.807, 2.05) is 26.0 Å². The summed E-state index contributed by atoms with van der Waals surface area (Å²) in [6.45, 7) is 4.34. The minimum atomic E-state index is -0.00187. The van der Waals surface area contributed by atoms with Gasteiger partial charge >= 0.3 is 0 Å². The van der Waals surface area contributed by atoms with Crippen molar-refractivity contribution < 1.29 is 19.5 Å². The molecule has 7 nitrogen and oxygen atoms in total. The molecule has 0 atom stereocenters. The lowest BCUT2D eigenvalue weighted by atomic mass is 10.1. The number of aromatic hydroxyl groups is 2. The number of nitrogens with zero attached hydrogens (tertiary/aromatic N) is 3. The van der Waals surface area contributed by atoms with Gasteiger partial charge in [0.05, 0.1) is 29.7 Å². The Bertz CT molecular complexity index is 766. The van der Waals surface area contributed by atoms with Crippen molar-refractivity contribution in [3.05, 3.63) is 41.9 Å². The molecule has 0 radical (unpaired) electrons. The van der Waals surface area contributed by atoms with Crippen molar-refractivity contribution >= 4 is 0 Å². The maximum Gasteiger partial charge on any atom is 0.193 e. The zero-order valence-electron chi connectivity index (χ0n) is 12.9. The monoisotopic (exact) mass is 315 g/mol. The third-order valence-electron chi connectivity index (χ3n) is 3.54. The smallest absolute Gasteiger partial charge is 0.193 e. The van der Waals surface area contributed by atoms with E-state index in [1.165, 1.54) is 16.7 Å². The van der Waals surface area contributed by atoms with E-state index in [1.54, 1.807) is 6.20 Å². The minimum absolute atomic E-state index is 0.00187. The van der Waals surface area contributed by atoms with Gasteiger partial charge in [0.1, 0.15) is 18.1 Å². The first-order chi connectivity index (χ1) is 11.1. The number of aromatic nitrogens is 3. The Kier molecular flexibility index (Phi) is 3.92. The molecule has 0 aromatic carbocycles. The van der Waals surface area contributed by atoms with Gasteiger partial charge in [-0.1, -0.05) is 5.16 Å². The van der Waals surface area contributed by atoms with E-state index in [4.69, 9.17) is 9.26 Å². The molecule has 120 valence electrons. The average Bonchev–Trinajstić information content (AvgIpc) is 3.04. The molecule has 0 spiro atoms. The van der Waals surface area contributed by atoms with Gasteiger partial charge in [-0.25, -0.2) is 0 Å². The van der Waals surface area contributed by atoms with Crippen LogP contribution in [0.5, 0.6) is 17.5 Å². The highest BCUT2D eigenvalue weighted by atomic mass is 16.5. The van der Waals surface area contributed by atoms with Crippen LogP contribution < -0.4 is 4.74 Å². The fraction of sp³-hybridized carbons (Fsp3) is 0.250. The SMILES string of the molecule is Cc1noc(C)c1-c1ccc(OCCn2c(O)ccc2O)cn1. The van der Waals surface area contributed by atoms with Gasteiger partial charge in [-0.2, -0.15) is 0 Å². The van der Waals surface area contributed by atoms with Crippen molar-refractivity contribution in [1.82, 2.24) is 14.7 Å². The van der Waals surface area contributed by atoms with Crippen LogP contribution in [0, 0.1) is 13.8 Å². The second kappa shape index (κ2) is 6.04. The third kappa shape index (κ3) is 2.98. The van der Waals surface area contributed by atoms with E-state index in [9.17, 15) is 10.2 Å². The molecule has 0 fully saturated rings. The van der Waals surface area contributed by atoms with Crippen molar-refractivity contribution in [3.8, 4) is 28.8 Å². The molecule has 0 saturated heterocycles. The highest BCUT2D eigenvalue weighted by Crippen LogP contribution is 2.26. The summed E-state index contributed by atoms with van der Waals surface area (Å²) in [6, 6.07) is 6.50. The molecule has 0 saturated carbocycles. The topological polar surface area (TPSA) is 93.5 Å². The van der Waals surface area contributed by atoms with Gasteiger partial charge in [0.2, 0.25) is 0 Å². The van der Waals surface area contributed by atoms with Crippen molar-refractivity contribution in [1.29, 1.82) is 0 Å². The van der Waals surface area contributed by atoms with Crippen LogP contribution in [0.25, 0.3) is 11.3 Å². The number of ether oxygens (including phenoxy) is 1. The van der Waals surface area contributed by atoms with Gasteiger partial charge in [0.25, 0.3) is 0 Å². The number of hydrogen-bond donors (Lipinski definition) is 2. The van der Waals surface area contributed by atoms with E-state index in [0.717, 1.165) is 22.7 Å². The second-order valence-electron chi connectivity index (χ2n) is 5.13. The lowest BCUT2D eigenvalue weighted by Gasteiger charge is -2.09. The van der Waals surface area contributed by atoms with E-state index in [2.05, 4.69) is 10.1 Å². The Labute approximate surface area is 132 Å². The largest absolute Gasteiger partial charge is 0.494 e. The molecular weight excluding hydrogens is 298 g/mol. The molecule has 0 amide bonds. The molecule has 3 aromatic rings. The first kappa shape index (κ1) is 15.0. The van der Waals surface area contributed by atoms with Crippen molar-refractivity contribution in [3.63, 3.8) is 0 Å². The van der Waals surface area contributed by atoms with Crippen LogP contribution in [0.4, 0.5) is 0 Å². The minimum Gasteiger partial charge on any atom is -0.494 e. The van der Waals surface area contributed by atoms with Crippen molar-refractivity contribution in [2.75, 3.05) is 6.61 Å². The Hall–Kier alpha value is -2.96. The number of aryl methyl sites for hydroxylation is 2. The summed E-state index contributed by atoms with van der Waals surface area (Å²) >= 11 is 0. The van der Waals surface area contributed by atoms with E-state index in [-0.39, 0.29) is 11.8 Å². The Morgan fingerprint density at radius 1 is 1.13 bits per heavy atom. The zero-order valence-corrected chi connectivity index (χ0v) is 12.9. The van der Waals surface area contributed by atoms with Gasteiger partial charge in [-0.05, 0) is 26.0 Å². The maximum atomic E-state index is 9.54. The predicted molar refractivity (Wildman–Crippen MR) is 82.5 cm³/mol. The first-order valence-electron chi connectivity index (χ1n) is 7.16. The highest BCUT2D eigenvalue weighted by molar-refractivity contribution is 5.63. The average molecular weight is 315 g/mol. The molecular formula is C16H17N3O4. The van der Waals surface area contributed by atoms with E-state index >= 15 is 0 Å². The summed E-state index contributed by atoms with van der Waals surface area (Å²) in [5.41, 5.74) is 2.45. The molecule has 3 aromatic heterocycles. The summed E-state index contributed by atoms with van der Waals surface area (Å²) in [5, 5.41) is 23.0. The molecule has 3 heterocycles. The van der Waals surface area contributed by atoms with Crippen LogP contribution in [-0.4, -0.2) is 31.5 Å². The molecule has 2 N–H and O–H groups in total. The maximum absolute atomic E-state index is 9.54. The van der Waals surface area contributed by atoms with Gasteiger partial charge in [0.15, 0.2) is 11.8 Å². The third-order valence-corrected chi connectivity index (χ3v) is 3.54. The van der Waals surface area contributed by atoms with Gasteiger partial charge in [-0.3, -0.25) is 9.55 Å². The molecule has 0 aliphatic heterocycles. The molecule has 7 heteroatoms. The summed E-state index contributed by atoms with van der Waals surface area (Å²) in [5.74, 6) is 1.32. The fourth-order valence-corrected chi connectivity index (χ4v) is 2.39. The molecule has 0 aliphatic carbocycles. The predicted octanol–water partition coefficient (Wildman–Crippen LogP) is 2.65. The van der Waals surface area contributed by atoms with Crippen LogP contribution in [0.3, 0.4) is 0 Å². The van der Waals surface area contributed by atoms with Crippen molar-refractivity contribution in [2.24, 2.45) is 0 Å². The highest BCUT2D eigenvalue weighted by Gasteiger charge is 2.12. The van der Waals surface area contributed by atoms with Gasteiger partial charge in [-0.15, -0.1) is 0 Å². The fourth-order valence-electron chi connectivity index (χ4n) is 2.39. The zero-order chi connectivity index (χ0) is 16.4. The van der Waals surface area contributed by atoms with Crippen LogP contribution in [0.1, 0.15) is 11.5 Å². The Morgan fingerprint density at radius 2 is 1.87 bits per heavy atom. The van der Waals surface area contributed by atoms with E-state index < -0.39 is 0 Å². The van der Waals surface area contributed by atoms with Crippen LogP contribution >= 0.6 is 0 Å². The Morgan fingerprint density at radius 3 is 2.43 bits per heavy atom. The van der Waals surface area contributed by atoms with Crippen molar-refractivity contribution in [2.45, 2.75) is 20.4 Å². The standard InChI is InChI=1S/C16H17N3O4/c1-10-16(11(2)23-18-10)13-4-3-12(9-17-13)22-8-7-19-14(20)5-6-15(19)21/h3-6,9,20-21H,7-8H2,1-2H3.